The van der Waals surface area contributed by atoms with Crippen LogP contribution in [-0.2, 0) is 23.1 Å². The molecule has 1 heterocycles. The van der Waals surface area contributed by atoms with Gasteiger partial charge in [-0.2, -0.15) is 14.6 Å². The van der Waals surface area contributed by atoms with Crippen LogP contribution in [0.3, 0.4) is 0 Å². The number of rotatable bonds is 8. The van der Waals surface area contributed by atoms with Crippen molar-refractivity contribution < 1.29 is 12.8 Å². The number of benzene rings is 3. The van der Waals surface area contributed by atoms with Gasteiger partial charge in [0.05, 0.1) is 4.90 Å². The van der Waals surface area contributed by atoms with E-state index in [1.54, 1.807) is 19.2 Å². The number of hydrogen-bond acceptors (Lipinski definition) is 6. The average molecular weight is 459 g/mol. The lowest BCUT2D eigenvalue weighted by Gasteiger charge is -2.17. The molecule has 0 aliphatic rings. The van der Waals surface area contributed by atoms with Gasteiger partial charge in [0.1, 0.15) is 6.07 Å². The molecule has 4 aromatic rings. The van der Waals surface area contributed by atoms with E-state index in [0.717, 1.165) is 11.1 Å². The Labute approximate surface area is 193 Å². The van der Waals surface area contributed by atoms with Gasteiger partial charge in [-0.15, -0.1) is 0 Å². The van der Waals surface area contributed by atoms with Crippen molar-refractivity contribution in [2.45, 2.75) is 18.0 Å². The molecule has 3 aromatic carbocycles. The molecular formula is C25H22N4O3S. The van der Waals surface area contributed by atoms with E-state index in [-0.39, 0.29) is 28.9 Å². The van der Waals surface area contributed by atoms with E-state index in [1.807, 2.05) is 66.7 Å². The molecule has 0 saturated heterocycles. The van der Waals surface area contributed by atoms with Crippen molar-refractivity contribution >= 4 is 15.9 Å². The highest BCUT2D eigenvalue weighted by atomic mass is 32.2. The van der Waals surface area contributed by atoms with Crippen LogP contribution in [0.1, 0.15) is 16.8 Å². The maximum atomic E-state index is 12.9. The normalized spacial score (nSPS) is 11.3. The number of aromatic nitrogens is 1. The molecule has 0 fully saturated rings. The number of nitrogens with one attached hydrogen (secondary N) is 1. The third-order valence-electron chi connectivity index (χ3n) is 5.09. The first kappa shape index (κ1) is 22.3. The minimum absolute atomic E-state index is 0.139. The van der Waals surface area contributed by atoms with Crippen molar-refractivity contribution in [1.29, 1.82) is 5.26 Å². The van der Waals surface area contributed by atoms with E-state index in [1.165, 1.54) is 16.4 Å². The zero-order chi connectivity index (χ0) is 23.3. The van der Waals surface area contributed by atoms with Gasteiger partial charge in [0.15, 0.2) is 0 Å². The topological polar surface area (TPSA) is 99.2 Å². The molecule has 1 aromatic heterocycles. The summed E-state index contributed by atoms with van der Waals surface area (Å²) >= 11 is 0. The van der Waals surface area contributed by atoms with Crippen LogP contribution in [0.15, 0.2) is 94.2 Å². The number of sulfonamides is 1. The molecule has 1 N–H and O–H groups in total. The smallest absolute Gasteiger partial charge is 0.243 e. The fourth-order valence-corrected chi connectivity index (χ4v) is 4.45. The highest BCUT2D eigenvalue weighted by molar-refractivity contribution is 7.89. The first-order valence-electron chi connectivity index (χ1n) is 10.3. The van der Waals surface area contributed by atoms with E-state index in [4.69, 9.17) is 4.42 Å². The van der Waals surface area contributed by atoms with E-state index < -0.39 is 10.0 Å². The van der Waals surface area contributed by atoms with E-state index in [0.29, 0.717) is 12.1 Å². The maximum Gasteiger partial charge on any atom is 0.243 e. The molecule has 0 amide bonds. The highest BCUT2D eigenvalue weighted by Crippen LogP contribution is 2.27. The monoisotopic (exact) mass is 458 g/mol. The fourth-order valence-electron chi connectivity index (χ4n) is 3.29. The summed E-state index contributed by atoms with van der Waals surface area (Å²) in [4.78, 5) is 4.41. The summed E-state index contributed by atoms with van der Waals surface area (Å²) in [5, 5.41) is 12.5. The molecule has 0 radical (unpaired) electrons. The van der Waals surface area contributed by atoms with Crippen LogP contribution in [0.2, 0.25) is 0 Å². The van der Waals surface area contributed by atoms with Crippen LogP contribution < -0.4 is 5.32 Å². The Kier molecular flexibility index (Phi) is 6.54. The lowest BCUT2D eigenvalue weighted by atomic mass is 10.2. The predicted octanol–water partition coefficient (Wildman–Crippen LogP) is 4.65. The summed E-state index contributed by atoms with van der Waals surface area (Å²) in [5.74, 6) is 0.513. The summed E-state index contributed by atoms with van der Waals surface area (Å²) in [6.07, 6.45) is 0. The zero-order valence-corrected chi connectivity index (χ0v) is 18.8. The second kappa shape index (κ2) is 9.69. The first-order chi connectivity index (χ1) is 16.0. The Morgan fingerprint density at radius 1 is 0.939 bits per heavy atom. The Morgan fingerprint density at radius 2 is 1.55 bits per heavy atom. The van der Waals surface area contributed by atoms with Crippen molar-refractivity contribution in [2.75, 3.05) is 12.4 Å². The number of hydrogen-bond donors (Lipinski definition) is 1. The van der Waals surface area contributed by atoms with E-state index >= 15 is 0 Å². The summed E-state index contributed by atoms with van der Waals surface area (Å²) in [6.45, 7) is 0.752. The van der Waals surface area contributed by atoms with Gasteiger partial charge >= 0.3 is 0 Å². The molecule has 0 aliphatic carbocycles. The number of oxazole rings is 1. The van der Waals surface area contributed by atoms with Gasteiger partial charge in [0.2, 0.25) is 27.5 Å². The van der Waals surface area contributed by atoms with Gasteiger partial charge in [-0.05, 0) is 35.4 Å². The van der Waals surface area contributed by atoms with Gasteiger partial charge in [-0.25, -0.2) is 8.42 Å². The first-order valence-corrected chi connectivity index (χ1v) is 11.7. The largest absolute Gasteiger partial charge is 0.419 e. The quantitative estimate of drug-likeness (QED) is 0.413. The van der Waals surface area contributed by atoms with Crippen molar-refractivity contribution in [3.63, 3.8) is 0 Å². The van der Waals surface area contributed by atoms with Crippen molar-refractivity contribution in [2.24, 2.45) is 0 Å². The van der Waals surface area contributed by atoms with Gasteiger partial charge in [0, 0.05) is 25.7 Å². The minimum Gasteiger partial charge on any atom is -0.419 e. The lowest BCUT2D eigenvalue weighted by molar-refractivity contribution is 0.466. The predicted molar refractivity (Wildman–Crippen MR) is 126 cm³/mol. The molecule has 0 unspecified atom stereocenters. The van der Waals surface area contributed by atoms with Crippen LogP contribution in [0.4, 0.5) is 5.88 Å². The van der Waals surface area contributed by atoms with E-state index in [9.17, 15) is 13.7 Å². The van der Waals surface area contributed by atoms with Crippen LogP contribution >= 0.6 is 0 Å². The summed E-state index contributed by atoms with van der Waals surface area (Å²) in [7, 11) is -2.12. The molecule has 166 valence electrons. The molecule has 0 aliphatic heterocycles. The molecule has 0 spiro atoms. The van der Waals surface area contributed by atoms with Gasteiger partial charge in [-0.3, -0.25) is 0 Å². The molecular weight excluding hydrogens is 436 g/mol. The molecule has 0 saturated carbocycles. The molecule has 4 rings (SSSR count). The maximum absolute atomic E-state index is 12.9. The summed E-state index contributed by atoms with van der Waals surface area (Å²) in [5.41, 5.74) is 2.65. The molecule has 8 heteroatoms. The third-order valence-corrected chi connectivity index (χ3v) is 6.90. The zero-order valence-electron chi connectivity index (χ0n) is 18.0. The summed E-state index contributed by atoms with van der Waals surface area (Å²) < 4.78 is 33.0. The van der Waals surface area contributed by atoms with Crippen molar-refractivity contribution in [3.8, 4) is 17.5 Å². The van der Waals surface area contributed by atoms with Gasteiger partial charge in [-0.1, -0.05) is 60.7 Å². The Bertz CT molecular complexity index is 1360. The molecule has 0 bridgehead atoms. The second-order valence-electron chi connectivity index (χ2n) is 7.42. The van der Waals surface area contributed by atoms with Crippen molar-refractivity contribution in [3.05, 3.63) is 102 Å². The lowest BCUT2D eigenvalue weighted by Crippen LogP contribution is -2.26. The van der Waals surface area contributed by atoms with E-state index in [2.05, 4.69) is 10.3 Å². The molecule has 7 nitrogen and oxygen atoms in total. The minimum atomic E-state index is -3.67. The SMILES string of the molecule is CN(Cc1ccccc1)S(=O)(=O)c1ccc(-c2nc(C#N)c(NCc3ccccc3)o2)cc1. The van der Waals surface area contributed by atoms with Gasteiger partial charge in [0.25, 0.3) is 0 Å². The average Bonchev–Trinajstić information content (AvgIpc) is 3.27. The second-order valence-corrected chi connectivity index (χ2v) is 9.46. The standard InChI is InChI=1S/C25H22N4O3S/c1-29(18-20-10-6-3-7-11-20)33(30,31)22-14-12-21(13-15-22)24-28-23(16-26)25(32-24)27-17-19-8-4-2-5-9-19/h2-15,27H,17-18H2,1H3. The molecule has 0 atom stereocenters. The van der Waals surface area contributed by atoms with Crippen LogP contribution in [0, 0.1) is 11.3 Å². The fraction of sp³-hybridized carbons (Fsp3) is 0.120. The Balaban J connectivity index is 1.50. The van der Waals surface area contributed by atoms with Gasteiger partial charge < -0.3 is 9.73 Å². The number of nitriles is 1. The van der Waals surface area contributed by atoms with Crippen molar-refractivity contribution in [1.82, 2.24) is 9.29 Å². The highest BCUT2D eigenvalue weighted by Gasteiger charge is 2.22. The van der Waals surface area contributed by atoms with Crippen LogP contribution in [0.5, 0.6) is 0 Å². The Hall–Kier alpha value is -3.93. The Morgan fingerprint density at radius 3 is 2.15 bits per heavy atom. The number of nitrogens with zero attached hydrogens (tertiary/aromatic N) is 3. The number of anilines is 1. The third kappa shape index (κ3) is 5.12. The van der Waals surface area contributed by atoms with Crippen LogP contribution in [0.25, 0.3) is 11.5 Å². The molecule has 33 heavy (non-hydrogen) atoms. The summed E-state index contributed by atoms with van der Waals surface area (Å²) in [6, 6.07) is 27.4. The van der Waals surface area contributed by atoms with Crippen LogP contribution in [-0.4, -0.2) is 24.8 Å².